The summed E-state index contributed by atoms with van der Waals surface area (Å²) in [4.78, 5) is 0. The smallest absolute Gasteiger partial charge is 1.00 e. The standard InChI is InChI=1S/C9H13.2ClH.Zr/c1-8(2)7-9-5-3-4-6-9;;;/h3-6,8H,7H2,1-2H3;2*1H;/q-1;;;+3/p-2. The molecule has 0 amide bonds. The summed E-state index contributed by atoms with van der Waals surface area (Å²) in [7, 11) is 0. The van der Waals surface area contributed by atoms with Crippen molar-refractivity contribution in [1.82, 2.24) is 0 Å². The molecule has 1 aromatic rings. The molecule has 3 heteroatoms. The maximum atomic E-state index is 2.24. The molecule has 0 nitrogen and oxygen atoms in total. The van der Waals surface area contributed by atoms with Crippen LogP contribution < -0.4 is 24.8 Å². The Bertz CT molecular complexity index is 159. The predicted molar refractivity (Wildman–Crippen MR) is 40.6 cm³/mol. The van der Waals surface area contributed by atoms with E-state index in [-0.39, 0.29) is 51.0 Å². The minimum absolute atomic E-state index is 0. The van der Waals surface area contributed by atoms with E-state index < -0.39 is 0 Å². The minimum atomic E-state index is 0. The Hall–Kier alpha value is 0.813. The zero-order valence-corrected chi connectivity index (χ0v) is 11.3. The minimum Gasteiger partial charge on any atom is -1.00 e. The van der Waals surface area contributed by atoms with Crippen molar-refractivity contribution in [3.05, 3.63) is 29.8 Å². The van der Waals surface area contributed by atoms with Gasteiger partial charge < -0.3 is 24.8 Å². The van der Waals surface area contributed by atoms with Crippen LogP contribution in [-0.2, 0) is 32.6 Å². The van der Waals surface area contributed by atoms with Gasteiger partial charge in [-0.1, -0.05) is 26.2 Å². The molecule has 0 heterocycles. The molecule has 1 radical (unpaired) electrons. The molecule has 1 aromatic carbocycles. The van der Waals surface area contributed by atoms with Crippen LogP contribution in [0.4, 0.5) is 0 Å². The molecule has 12 heavy (non-hydrogen) atoms. The van der Waals surface area contributed by atoms with Gasteiger partial charge in [-0.15, -0.1) is 0 Å². The van der Waals surface area contributed by atoms with Crippen LogP contribution in [0, 0.1) is 5.92 Å². The van der Waals surface area contributed by atoms with Crippen molar-refractivity contribution in [3.8, 4) is 0 Å². The van der Waals surface area contributed by atoms with Gasteiger partial charge in [-0.2, -0.15) is 17.7 Å². The third-order valence-electron chi connectivity index (χ3n) is 1.38. The van der Waals surface area contributed by atoms with Crippen molar-refractivity contribution in [2.45, 2.75) is 20.3 Å². The average Bonchev–Trinajstić information content (AvgIpc) is 2.15. The van der Waals surface area contributed by atoms with Gasteiger partial charge >= 0.3 is 26.2 Å². The van der Waals surface area contributed by atoms with Crippen LogP contribution in [0.15, 0.2) is 24.3 Å². The first-order valence-corrected chi connectivity index (χ1v) is 3.49. The van der Waals surface area contributed by atoms with Crippen LogP contribution in [0.25, 0.3) is 0 Å². The van der Waals surface area contributed by atoms with Gasteiger partial charge in [0.25, 0.3) is 0 Å². The summed E-state index contributed by atoms with van der Waals surface area (Å²) in [5.74, 6) is 0.785. The van der Waals surface area contributed by atoms with Crippen molar-refractivity contribution in [1.29, 1.82) is 0 Å². The van der Waals surface area contributed by atoms with Crippen LogP contribution in [-0.4, -0.2) is 0 Å². The van der Waals surface area contributed by atoms with Gasteiger partial charge in [0.05, 0.1) is 0 Å². The zero-order valence-electron chi connectivity index (χ0n) is 7.35. The predicted octanol–water partition coefficient (Wildman–Crippen LogP) is -3.39. The normalized spacial score (nSPS) is 7.92. The van der Waals surface area contributed by atoms with Gasteiger partial charge in [0, 0.05) is 0 Å². The van der Waals surface area contributed by atoms with E-state index in [0.29, 0.717) is 0 Å². The number of hydrogen-bond acceptors (Lipinski definition) is 0. The molecule has 0 atom stereocenters. The summed E-state index contributed by atoms with van der Waals surface area (Å²) >= 11 is 0. The third-order valence-corrected chi connectivity index (χ3v) is 1.38. The third kappa shape index (κ3) is 7.46. The van der Waals surface area contributed by atoms with E-state index in [4.69, 9.17) is 0 Å². The van der Waals surface area contributed by atoms with E-state index in [1.165, 1.54) is 12.0 Å². The molecule has 0 saturated carbocycles. The largest absolute Gasteiger partial charge is 3.00 e. The fourth-order valence-corrected chi connectivity index (χ4v) is 1.02. The summed E-state index contributed by atoms with van der Waals surface area (Å²) in [5, 5.41) is 0. The van der Waals surface area contributed by atoms with Gasteiger partial charge in [0.15, 0.2) is 0 Å². The fraction of sp³-hybridized carbons (Fsp3) is 0.444. The summed E-state index contributed by atoms with van der Waals surface area (Å²) in [5.41, 5.74) is 1.46. The molecular formula is C9H13Cl2Zr. The Morgan fingerprint density at radius 1 is 1.08 bits per heavy atom. The molecular weight excluding hydrogens is 270 g/mol. The Kier molecular flexibility index (Phi) is 15.3. The Balaban J connectivity index is -0.000000270. The molecule has 1 rings (SSSR count). The van der Waals surface area contributed by atoms with Crippen molar-refractivity contribution in [2.24, 2.45) is 5.92 Å². The Morgan fingerprint density at radius 3 is 1.83 bits per heavy atom. The molecule has 0 aliphatic heterocycles. The van der Waals surface area contributed by atoms with E-state index in [2.05, 4.69) is 38.1 Å². The summed E-state index contributed by atoms with van der Waals surface area (Å²) in [6.07, 6.45) is 1.22. The van der Waals surface area contributed by atoms with E-state index in [0.717, 1.165) is 5.92 Å². The van der Waals surface area contributed by atoms with E-state index >= 15 is 0 Å². The van der Waals surface area contributed by atoms with Crippen LogP contribution in [0.5, 0.6) is 0 Å². The second-order valence-corrected chi connectivity index (χ2v) is 2.89. The Morgan fingerprint density at radius 2 is 1.50 bits per heavy atom. The second-order valence-electron chi connectivity index (χ2n) is 2.89. The maximum Gasteiger partial charge on any atom is 3.00 e. The molecule has 0 unspecified atom stereocenters. The molecule has 0 aliphatic carbocycles. The number of halogens is 2. The first kappa shape index (κ1) is 18.6. The zero-order chi connectivity index (χ0) is 6.69. The number of hydrogen-bond donors (Lipinski definition) is 0. The SMILES string of the molecule is CC(C)C[c-]1cccc1.[Cl-].[Cl-].[Zr+3]. The van der Waals surface area contributed by atoms with Crippen LogP contribution in [0.2, 0.25) is 0 Å². The molecule has 0 aromatic heterocycles. The van der Waals surface area contributed by atoms with Crippen LogP contribution in [0.1, 0.15) is 19.4 Å². The first-order valence-electron chi connectivity index (χ1n) is 3.49. The van der Waals surface area contributed by atoms with Gasteiger partial charge in [-0.25, -0.2) is 12.1 Å². The second kappa shape index (κ2) is 9.90. The van der Waals surface area contributed by atoms with Crippen molar-refractivity contribution in [3.63, 3.8) is 0 Å². The monoisotopic (exact) mass is 281 g/mol. The fourth-order valence-electron chi connectivity index (χ4n) is 1.02. The van der Waals surface area contributed by atoms with E-state index in [1.54, 1.807) is 0 Å². The van der Waals surface area contributed by atoms with E-state index in [9.17, 15) is 0 Å². The molecule has 67 valence electrons. The molecule has 0 bridgehead atoms. The van der Waals surface area contributed by atoms with Gasteiger partial charge in [-0.3, -0.25) is 0 Å². The molecule has 0 spiro atoms. The van der Waals surface area contributed by atoms with Gasteiger partial charge in [0.2, 0.25) is 0 Å². The number of rotatable bonds is 2. The maximum absolute atomic E-state index is 2.24. The molecule has 0 saturated heterocycles. The van der Waals surface area contributed by atoms with Crippen molar-refractivity contribution < 1.29 is 51.0 Å². The summed E-state index contributed by atoms with van der Waals surface area (Å²) < 4.78 is 0. The topological polar surface area (TPSA) is 0 Å². The first-order chi connectivity index (χ1) is 4.29. The average molecular weight is 283 g/mol. The molecule has 0 aliphatic rings. The van der Waals surface area contributed by atoms with Crippen LogP contribution in [0.3, 0.4) is 0 Å². The van der Waals surface area contributed by atoms with E-state index in [1.807, 2.05) is 0 Å². The Labute approximate surface area is 106 Å². The molecule has 0 fully saturated rings. The quantitative estimate of drug-likeness (QED) is 0.497. The van der Waals surface area contributed by atoms with Crippen molar-refractivity contribution in [2.75, 3.05) is 0 Å². The van der Waals surface area contributed by atoms with Gasteiger partial charge in [0.1, 0.15) is 0 Å². The molecule has 0 N–H and O–H groups in total. The summed E-state index contributed by atoms with van der Waals surface area (Å²) in [6, 6.07) is 8.55. The van der Waals surface area contributed by atoms with Crippen molar-refractivity contribution >= 4 is 0 Å². The van der Waals surface area contributed by atoms with Gasteiger partial charge in [-0.05, 0) is 0 Å². The van der Waals surface area contributed by atoms with Crippen LogP contribution >= 0.6 is 0 Å². The summed E-state index contributed by atoms with van der Waals surface area (Å²) in [6.45, 7) is 4.49.